The minimum Gasteiger partial charge on any atom is -0.465 e. The van der Waals surface area contributed by atoms with E-state index in [0.717, 1.165) is 13.1 Å². The highest BCUT2D eigenvalue weighted by Gasteiger charge is 2.11. The molecule has 0 spiro atoms. The van der Waals surface area contributed by atoms with Crippen molar-refractivity contribution in [2.75, 3.05) is 39.6 Å². The Morgan fingerprint density at radius 3 is 2.75 bits per heavy atom. The second-order valence-corrected chi connectivity index (χ2v) is 5.19. The first-order valence-corrected chi connectivity index (χ1v) is 6.80. The Bertz CT molecular complexity index is 495. The minimum atomic E-state index is -0.481. The molecule has 0 heterocycles. The van der Waals surface area contributed by atoms with Gasteiger partial charge in [-0.3, -0.25) is 0 Å². The number of methoxy groups -OCH3 is 1. The zero-order valence-corrected chi connectivity index (χ0v) is 13.3. The van der Waals surface area contributed by atoms with Gasteiger partial charge in [0.25, 0.3) is 0 Å². The van der Waals surface area contributed by atoms with Crippen molar-refractivity contribution in [2.24, 2.45) is 0 Å². The van der Waals surface area contributed by atoms with E-state index in [1.54, 1.807) is 18.2 Å². The number of halogens is 1. The van der Waals surface area contributed by atoms with Gasteiger partial charge in [-0.25, -0.2) is 4.79 Å². The molecule has 0 aliphatic heterocycles. The molecule has 0 fully saturated rings. The lowest BCUT2D eigenvalue weighted by atomic mass is 10.2. The van der Waals surface area contributed by atoms with Gasteiger partial charge >= 0.3 is 5.97 Å². The monoisotopic (exact) mass is 315 g/mol. The van der Waals surface area contributed by atoms with E-state index in [2.05, 4.69) is 15.4 Å². The third-order valence-corrected chi connectivity index (χ3v) is 3.05. The first-order chi connectivity index (χ1) is 9.43. The number of ether oxygens (including phenoxy) is 1. The van der Waals surface area contributed by atoms with Crippen LogP contribution in [0.2, 0.25) is 5.02 Å². The fourth-order valence-corrected chi connectivity index (χ4v) is 1.85. The summed E-state index contributed by atoms with van der Waals surface area (Å²) < 4.78 is 4.66. The smallest absolute Gasteiger partial charge is 0.339 e. The highest BCUT2D eigenvalue weighted by atomic mass is 35.5. The van der Waals surface area contributed by atoms with Crippen molar-refractivity contribution in [3.63, 3.8) is 0 Å². The molecule has 1 aromatic rings. The minimum absolute atomic E-state index is 0.301. The summed E-state index contributed by atoms with van der Waals surface area (Å²) in [6.07, 6.45) is 0. The van der Waals surface area contributed by atoms with E-state index in [1.807, 2.05) is 19.0 Å². The Morgan fingerprint density at radius 1 is 1.45 bits per heavy atom. The lowest BCUT2D eigenvalue weighted by molar-refractivity contribution is 0.0601. The number of hydrogen-bond acceptors (Lipinski definition) is 4. The van der Waals surface area contributed by atoms with Crippen LogP contribution in [-0.2, 0) is 4.74 Å². The molecule has 0 radical (unpaired) electrons. The van der Waals surface area contributed by atoms with Gasteiger partial charge in [0.15, 0.2) is 5.11 Å². The van der Waals surface area contributed by atoms with E-state index in [1.165, 1.54) is 7.11 Å². The molecule has 0 amide bonds. The molecular weight excluding hydrogens is 298 g/mol. The summed E-state index contributed by atoms with van der Waals surface area (Å²) in [5, 5.41) is 6.90. The van der Waals surface area contributed by atoms with E-state index < -0.39 is 5.97 Å². The fourth-order valence-electron chi connectivity index (χ4n) is 1.44. The maximum absolute atomic E-state index is 11.5. The Balaban J connectivity index is 2.64. The fraction of sp³-hybridized carbons (Fsp3) is 0.385. The summed E-state index contributed by atoms with van der Waals surface area (Å²) in [6.45, 7) is 1.60. The predicted molar refractivity (Wildman–Crippen MR) is 85.6 cm³/mol. The van der Waals surface area contributed by atoms with Crippen LogP contribution in [0, 0.1) is 0 Å². The normalized spacial score (nSPS) is 10.2. The molecule has 1 aromatic carbocycles. The molecule has 7 heteroatoms. The van der Waals surface area contributed by atoms with Crippen LogP contribution in [0.1, 0.15) is 10.4 Å². The van der Waals surface area contributed by atoms with E-state index in [0.29, 0.717) is 21.4 Å². The number of rotatable bonds is 5. The molecule has 0 atom stereocenters. The summed E-state index contributed by atoms with van der Waals surface area (Å²) in [4.78, 5) is 13.6. The van der Waals surface area contributed by atoms with Crippen LogP contribution in [0.3, 0.4) is 0 Å². The first-order valence-electron chi connectivity index (χ1n) is 6.01. The Hall–Kier alpha value is -1.37. The van der Waals surface area contributed by atoms with Crippen molar-refractivity contribution >= 4 is 40.6 Å². The van der Waals surface area contributed by atoms with Gasteiger partial charge in [-0.2, -0.15) is 0 Å². The maximum atomic E-state index is 11.5. The van der Waals surface area contributed by atoms with Crippen LogP contribution in [0.15, 0.2) is 18.2 Å². The van der Waals surface area contributed by atoms with Gasteiger partial charge in [-0.1, -0.05) is 11.6 Å². The van der Waals surface area contributed by atoms with Crippen LogP contribution in [0.5, 0.6) is 0 Å². The Kier molecular flexibility index (Phi) is 6.70. The highest BCUT2D eigenvalue weighted by Crippen LogP contribution is 2.21. The lowest BCUT2D eigenvalue weighted by Crippen LogP contribution is -2.34. The molecule has 0 unspecified atom stereocenters. The number of nitrogens with zero attached hydrogens (tertiary/aromatic N) is 1. The van der Waals surface area contributed by atoms with Gasteiger partial charge in [0.1, 0.15) is 0 Å². The lowest BCUT2D eigenvalue weighted by Gasteiger charge is -2.14. The number of esters is 1. The molecule has 0 aliphatic rings. The van der Waals surface area contributed by atoms with Crippen LogP contribution >= 0.6 is 23.8 Å². The second-order valence-electron chi connectivity index (χ2n) is 4.37. The summed E-state index contributed by atoms with van der Waals surface area (Å²) in [5.41, 5.74) is 0.979. The average Bonchev–Trinajstić information content (AvgIpc) is 2.39. The van der Waals surface area contributed by atoms with Gasteiger partial charge in [0.2, 0.25) is 0 Å². The molecule has 2 N–H and O–H groups in total. The summed E-state index contributed by atoms with van der Waals surface area (Å²) >= 11 is 11.1. The molecule has 0 saturated heterocycles. The number of hydrogen-bond donors (Lipinski definition) is 2. The highest BCUT2D eigenvalue weighted by molar-refractivity contribution is 7.80. The van der Waals surface area contributed by atoms with E-state index >= 15 is 0 Å². The molecule has 1 rings (SSSR count). The van der Waals surface area contributed by atoms with Crippen molar-refractivity contribution in [1.82, 2.24) is 10.2 Å². The summed E-state index contributed by atoms with van der Waals surface area (Å²) in [5.74, 6) is -0.481. The third-order valence-electron chi connectivity index (χ3n) is 2.47. The molecule has 0 saturated carbocycles. The largest absolute Gasteiger partial charge is 0.465 e. The van der Waals surface area contributed by atoms with Crippen molar-refractivity contribution in [1.29, 1.82) is 0 Å². The van der Waals surface area contributed by atoms with Crippen LogP contribution in [0.25, 0.3) is 0 Å². The van der Waals surface area contributed by atoms with Gasteiger partial charge in [-0.15, -0.1) is 0 Å². The van der Waals surface area contributed by atoms with Gasteiger partial charge < -0.3 is 20.3 Å². The van der Waals surface area contributed by atoms with E-state index in [-0.39, 0.29) is 0 Å². The Labute approximate surface area is 129 Å². The predicted octanol–water partition coefficient (Wildman–Crippen LogP) is 1.97. The molecule has 20 heavy (non-hydrogen) atoms. The van der Waals surface area contributed by atoms with Crippen molar-refractivity contribution in [3.05, 3.63) is 28.8 Å². The standard InChI is InChI=1S/C13H18ClN3O2S/c1-17(2)7-6-15-13(20)16-9-4-5-11(14)10(8-9)12(18)19-3/h4-5,8H,6-7H2,1-3H3,(H2,15,16,20). The van der Waals surface area contributed by atoms with Gasteiger partial charge in [0.05, 0.1) is 17.7 Å². The summed E-state index contributed by atoms with van der Waals surface area (Å²) in [6, 6.07) is 4.97. The number of carbonyl (C=O) groups excluding carboxylic acids is 1. The SMILES string of the molecule is COC(=O)c1cc(NC(=S)NCCN(C)C)ccc1Cl. The van der Waals surface area contributed by atoms with Crippen molar-refractivity contribution < 1.29 is 9.53 Å². The molecule has 0 aliphatic carbocycles. The third kappa shape index (κ3) is 5.32. The first kappa shape index (κ1) is 16.7. The maximum Gasteiger partial charge on any atom is 0.339 e. The number of thiocarbonyl (C=S) groups is 1. The number of likely N-dealkylation sites (N-methyl/N-ethyl adjacent to an activating group) is 1. The topological polar surface area (TPSA) is 53.6 Å². The number of carbonyl (C=O) groups is 1. The van der Waals surface area contributed by atoms with Crippen LogP contribution in [0.4, 0.5) is 5.69 Å². The molecule has 5 nitrogen and oxygen atoms in total. The zero-order valence-electron chi connectivity index (χ0n) is 11.7. The number of anilines is 1. The summed E-state index contributed by atoms with van der Waals surface area (Å²) in [7, 11) is 5.28. The van der Waals surface area contributed by atoms with Crippen LogP contribution in [-0.4, -0.2) is 50.3 Å². The Morgan fingerprint density at radius 2 is 2.15 bits per heavy atom. The van der Waals surface area contributed by atoms with Gasteiger partial charge in [-0.05, 0) is 44.5 Å². The zero-order chi connectivity index (χ0) is 15.1. The molecule has 0 aromatic heterocycles. The van der Waals surface area contributed by atoms with Crippen molar-refractivity contribution in [2.45, 2.75) is 0 Å². The van der Waals surface area contributed by atoms with E-state index in [4.69, 9.17) is 23.8 Å². The molecular formula is C13H18ClN3O2S. The number of benzene rings is 1. The van der Waals surface area contributed by atoms with Crippen molar-refractivity contribution in [3.8, 4) is 0 Å². The molecule has 0 bridgehead atoms. The average molecular weight is 316 g/mol. The quantitative estimate of drug-likeness (QED) is 0.640. The van der Waals surface area contributed by atoms with Gasteiger partial charge in [0, 0.05) is 18.8 Å². The number of nitrogens with one attached hydrogen (secondary N) is 2. The second kappa shape index (κ2) is 8.04. The molecule has 110 valence electrons. The van der Waals surface area contributed by atoms with E-state index in [9.17, 15) is 4.79 Å². The van der Waals surface area contributed by atoms with Crippen LogP contribution < -0.4 is 10.6 Å².